The maximum atomic E-state index is 12.2. The van der Waals surface area contributed by atoms with Gasteiger partial charge < -0.3 is 10.2 Å². The molecule has 0 radical (unpaired) electrons. The molecule has 0 bridgehead atoms. The average molecular weight is 267 g/mol. The van der Waals surface area contributed by atoms with Crippen LogP contribution in [0.3, 0.4) is 0 Å². The van der Waals surface area contributed by atoms with Crippen LogP contribution in [0.2, 0.25) is 0 Å². The number of nitrogens with one attached hydrogen (secondary N) is 1. The minimum absolute atomic E-state index is 0.0989. The van der Waals surface area contributed by atoms with Gasteiger partial charge in [0.25, 0.3) is 5.91 Å². The molecular formula is C13H15ClN2O2. The molecule has 0 atom stereocenters. The minimum Gasteiger partial charge on any atom is -0.354 e. The molecule has 1 aromatic carbocycles. The van der Waals surface area contributed by atoms with Gasteiger partial charge in [-0.1, -0.05) is 12.1 Å². The number of amides is 2. The van der Waals surface area contributed by atoms with Gasteiger partial charge in [0.05, 0.1) is 6.54 Å². The zero-order valence-electron chi connectivity index (χ0n) is 9.99. The molecule has 1 aliphatic rings. The average Bonchev–Trinajstić information content (AvgIpc) is 2.63. The Balaban J connectivity index is 2.11. The molecule has 0 spiro atoms. The van der Waals surface area contributed by atoms with E-state index in [0.29, 0.717) is 24.5 Å². The molecule has 0 unspecified atom stereocenters. The van der Waals surface area contributed by atoms with Crippen molar-refractivity contribution in [3.8, 4) is 0 Å². The summed E-state index contributed by atoms with van der Waals surface area (Å²) < 4.78 is 0. The van der Waals surface area contributed by atoms with Crippen molar-refractivity contribution < 1.29 is 9.59 Å². The van der Waals surface area contributed by atoms with Crippen LogP contribution < -0.4 is 5.32 Å². The van der Waals surface area contributed by atoms with Gasteiger partial charge in [0.2, 0.25) is 5.91 Å². The maximum absolute atomic E-state index is 12.2. The van der Waals surface area contributed by atoms with Gasteiger partial charge in [0, 0.05) is 24.5 Å². The fourth-order valence-corrected chi connectivity index (χ4v) is 2.08. The van der Waals surface area contributed by atoms with Gasteiger partial charge in [-0.2, -0.15) is 0 Å². The van der Waals surface area contributed by atoms with Gasteiger partial charge in [-0.05, 0) is 24.1 Å². The highest BCUT2D eigenvalue weighted by molar-refractivity contribution is 6.17. The third-order valence-electron chi connectivity index (χ3n) is 2.90. The second kappa shape index (κ2) is 5.87. The van der Waals surface area contributed by atoms with E-state index in [9.17, 15) is 9.59 Å². The van der Waals surface area contributed by atoms with Crippen molar-refractivity contribution in [2.24, 2.45) is 0 Å². The first-order valence-corrected chi connectivity index (χ1v) is 6.45. The van der Waals surface area contributed by atoms with Gasteiger partial charge in [-0.15, -0.1) is 11.6 Å². The van der Waals surface area contributed by atoms with Crippen molar-refractivity contribution in [2.45, 2.75) is 12.3 Å². The van der Waals surface area contributed by atoms with Crippen LogP contribution in [0.4, 0.5) is 0 Å². The van der Waals surface area contributed by atoms with E-state index in [2.05, 4.69) is 5.32 Å². The van der Waals surface area contributed by atoms with E-state index in [-0.39, 0.29) is 18.4 Å². The lowest BCUT2D eigenvalue weighted by molar-refractivity contribution is -0.121. The monoisotopic (exact) mass is 266 g/mol. The van der Waals surface area contributed by atoms with Crippen LogP contribution in [-0.2, 0) is 10.7 Å². The number of benzene rings is 1. The molecule has 0 saturated carbocycles. The number of nitrogens with zero attached hydrogens (tertiary/aromatic N) is 1. The molecule has 96 valence electrons. The van der Waals surface area contributed by atoms with E-state index in [1.807, 2.05) is 12.1 Å². The molecule has 18 heavy (non-hydrogen) atoms. The summed E-state index contributed by atoms with van der Waals surface area (Å²) in [4.78, 5) is 25.2. The molecule has 4 nitrogen and oxygen atoms in total. The Hall–Kier alpha value is -1.55. The van der Waals surface area contributed by atoms with E-state index < -0.39 is 0 Å². The van der Waals surface area contributed by atoms with Crippen LogP contribution in [0.5, 0.6) is 0 Å². The normalized spacial score (nSPS) is 16.1. The van der Waals surface area contributed by atoms with Crippen LogP contribution in [0.25, 0.3) is 0 Å². The van der Waals surface area contributed by atoms with Gasteiger partial charge in [-0.25, -0.2) is 0 Å². The van der Waals surface area contributed by atoms with Crippen molar-refractivity contribution >= 4 is 23.4 Å². The number of carbonyl (C=O) groups is 2. The van der Waals surface area contributed by atoms with Crippen molar-refractivity contribution in [1.29, 1.82) is 0 Å². The molecule has 0 aliphatic carbocycles. The Morgan fingerprint density at radius 3 is 2.72 bits per heavy atom. The molecule has 1 heterocycles. The molecule has 1 saturated heterocycles. The third-order valence-corrected chi connectivity index (χ3v) is 3.21. The molecule has 5 heteroatoms. The zero-order valence-corrected chi connectivity index (χ0v) is 10.7. The summed E-state index contributed by atoms with van der Waals surface area (Å²) in [6.07, 6.45) is 0.789. The highest BCUT2D eigenvalue weighted by Crippen LogP contribution is 2.10. The predicted molar refractivity (Wildman–Crippen MR) is 69.5 cm³/mol. The molecule has 2 rings (SSSR count). The molecule has 1 aliphatic heterocycles. The van der Waals surface area contributed by atoms with Crippen LogP contribution in [0, 0.1) is 0 Å². The van der Waals surface area contributed by atoms with Gasteiger partial charge in [0.1, 0.15) is 0 Å². The molecule has 2 amide bonds. The first kappa shape index (κ1) is 12.9. The lowest BCUT2D eigenvalue weighted by Gasteiger charge is -2.19. The number of rotatable bonds is 2. The summed E-state index contributed by atoms with van der Waals surface area (Å²) in [5, 5.41) is 2.75. The van der Waals surface area contributed by atoms with E-state index in [1.165, 1.54) is 0 Å². The fraction of sp³-hybridized carbons (Fsp3) is 0.385. The number of hydrogen-bond acceptors (Lipinski definition) is 2. The molecule has 1 fully saturated rings. The van der Waals surface area contributed by atoms with E-state index in [1.54, 1.807) is 17.0 Å². The van der Waals surface area contributed by atoms with Crippen molar-refractivity contribution in [2.75, 3.05) is 19.6 Å². The highest BCUT2D eigenvalue weighted by Gasteiger charge is 2.20. The number of carbonyl (C=O) groups excluding carboxylic acids is 2. The molecule has 1 aromatic rings. The number of halogens is 1. The van der Waals surface area contributed by atoms with E-state index in [0.717, 1.165) is 12.0 Å². The number of hydrogen-bond donors (Lipinski definition) is 1. The summed E-state index contributed by atoms with van der Waals surface area (Å²) in [7, 11) is 0. The zero-order chi connectivity index (χ0) is 13.0. The van der Waals surface area contributed by atoms with E-state index in [4.69, 9.17) is 11.6 Å². The topological polar surface area (TPSA) is 49.4 Å². The largest absolute Gasteiger partial charge is 0.354 e. The molecule has 0 aromatic heterocycles. The maximum Gasteiger partial charge on any atom is 0.254 e. The van der Waals surface area contributed by atoms with Crippen LogP contribution >= 0.6 is 11.6 Å². The predicted octanol–water partition coefficient (Wildman–Crippen LogP) is 1.39. The van der Waals surface area contributed by atoms with Crippen molar-refractivity contribution in [1.82, 2.24) is 10.2 Å². The smallest absolute Gasteiger partial charge is 0.254 e. The molecule has 1 N–H and O–H groups in total. The third kappa shape index (κ3) is 3.01. The number of alkyl halides is 1. The van der Waals surface area contributed by atoms with Crippen LogP contribution in [0.1, 0.15) is 22.3 Å². The van der Waals surface area contributed by atoms with Crippen molar-refractivity contribution in [3.63, 3.8) is 0 Å². The standard InChI is InChI=1S/C13H15ClN2O2/c14-8-10-2-4-11(5-3-10)13(18)16-7-1-6-15-12(17)9-16/h2-5H,1,6-9H2,(H,15,17). The lowest BCUT2D eigenvalue weighted by atomic mass is 10.1. The highest BCUT2D eigenvalue weighted by atomic mass is 35.5. The first-order chi connectivity index (χ1) is 8.70. The summed E-state index contributed by atoms with van der Waals surface area (Å²) in [5.74, 6) is 0.229. The Labute approximate surface area is 111 Å². The Kier molecular flexibility index (Phi) is 4.20. The first-order valence-electron chi connectivity index (χ1n) is 5.91. The van der Waals surface area contributed by atoms with Crippen LogP contribution in [-0.4, -0.2) is 36.3 Å². The summed E-state index contributed by atoms with van der Waals surface area (Å²) in [5.41, 5.74) is 1.57. The minimum atomic E-state index is -0.104. The van der Waals surface area contributed by atoms with E-state index >= 15 is 0 Å². The van der Waals surface area contributed by atoms with Crippen LogP contribution in [0.15, 0.2) is 24.3 Å². The molecular weight excluding hydrogens is 252 g/mol. The summed E-state index contributed by atoms with van der Waals surface area (Å²) in [6, 6.07) is 7.17. The van der Waals surface area contributed by atoms with Gasteiger partial charge >= 0.3 is 0 Å². The van der Waals surface area contributed by atoms with Gasteiger partial charge in [-0.3, -0.25) is 9.59 Å². The summed E-state index contributed by atoms with van der Waals surface area (Å²) in [6.45, 7) is 1.37. The fourth-order valence-electron chi connectivity index (χ4n) is 1.90. The Bertz CT molecular complexity index is 445. The quantitative estimate of drug-likeness (QED) is 0.823. The SMILES string of the molecule is O=C1CN(C(=O)c2ccc(CCl)cc2)CCCN1. The van der Waals surface area contributed by atoms with Crippen molar-refractivity contribution in [3.05, 3.63) is 35.4 Å². The second-order valence-corrected chi connectivity index (χ2v) is 4.53. The summed E-state index contributed by atoms with van der Waals surface area (Å²) >= 11 is 5.70. The van der Waals surface area contributed by atoms with Gasteiger partial charge in [0.15, 0.2) is 0 Å². The second-order valence-electron chi connectivity index (χ2n) is 4.26. The Morgan fingerprint density at radius 1 is 1.33 bits per heavy atom. The Morgan fingerprint density at radius 2 is 2.06 bits per heavy atom. The lowest BCUT2D eigenvalue weighted by Crippen LogP contribution is -2.37.